The Morgan fingerprint density at radius 3 is 2.56 bits per heavy atom. The Morgan fingerprint density at radius 2 is 1.88 bits per heavy atom. The van der Waals surface area contributed by atoms with E-state index >= 15 is 0 Å². The average molecular weight is 375 g/mol. The maximum absolute atomic E-state index is 11.1. The minimum atomic E-state index is -0.911. The van der Waals surface area contributed by atoms with Gasteiger partial charge in [0.25, 0.3) is 0 Å². The standard InChI is InChI=1S/C18H15ClN2O3S/c19-13-7-5-11(6-8-13)17-15(9-16(23)24)25-18(21-17)20-10-12-3-1-2-4-14(12)22/h1-8,22H,9-10H2,(H,20,21)(H,23,24). The van der Waals surface area contributed by atoms with Crippen LogP contribution in [0.1, 0.15) is 10.4 Å². The van der Waals surface area contributed by atoms with E-state index in [0.717, 1.165) is 11.1 Å². The number of nitrogens with one attached hydrogen (secondary N) is 1. The molecule has 0 amide bonds. The van der Waals surface area contributed by atoms with Crippen LogP contribution in [0, 0.1) is 0 Å². The van der Waals surface area contributed by atoms with E-state index in [1.807, 2.05) is 24.3 Å². The van der Waals surface area contributed by atoms with Crippen LogP contribution in [0.25, 0.3) is 11.3 Å². The van der Waals surface area contributed by atoms with Crippen LogP contribution in [-0.2, 0) is 17.8 Å². The van der Waals surface area contributed by atoms with Gasteiger partial charge in [-0.25, -0.2) is 4.98 Å². The highest BCUT2D eigenvalue weighted by Gasteiger charge is 2.16. The molecule has 7 heteroatoms. The Labute approximate surface area is 153 Å². The monoisotopic (exact) mass is 374 g/mol. The Balaban J connectivity index is 1.86. The zero-order valence-corrected chi connectivity index (χ0v) is 14.6. The number of benzene rings is 2. The first-order chi connectivity index (χ1) is 12.0. The lowest BCUT2D eigenvalue weighted by Crippen LogP contribution is -1.99. The second-order valence-corrected chi connectivity index (χ2v) is 6.87. The summed E-state index contributed by atoms with van der Waals surface area (Å²) in [4.78, 5) is 16.3. The predicted molar refractivity (Wildman–Crippen MR) is 99.3 cm³/mol. The molecular weight excluding hydrogens is 360 g/mol. The molecule has 0 unspecified atom stereocenters. The number of aliphatic carboxylic acids is 1. The van der Waals surface area contributed by atoms with Gasteiger partial charge in [-0.1, -0.05) is 41.9 Å². The molecule has 0 aliphatic heterocycles. The van der Waals surface area contributed by atoms with E-state index in [0.29, 0.717) is 27.3 Å². The van der Waals surface area contributed by atoms with Crippen molar-refractivity contribution in [3.05, 3.63) is 64.0 Å². The summed E-state index contributed by atoms with van der Waals surface area (Å²) in [5, 5.41) is 23.3. The van der Waals surface area contributed by atoms with Gasteiger partial charge >= 0.3 is 5.97 Å². The first-order valence-corrected chi connectivity index (χ1v) is 8.70. The summed E-state index contributed by atoms with van der Waals surface area (Å²) < 4.78 is 0. The molecule has 0 bridgehead atoms. The van der Waals surface area contributed by atoms with Crippen LogP contribution in [0.15, 0.2) is 48.5 Å². The van der Waals surface area contributed by atoms with Crippen molar-refractivity contribution in [2.75, 3.05) is 5.32 Å². The van der Waals surface area contributed by atoms with Crippen LogP contribution in [-0.4, -0.2) is 21.2 Å². The van der Waals surface area contributed by atoms with Crippen molar-refractivity contribution in [2.24, 2.45) is 0 Å². The Hall–Kier alpha value is -2.57. The summed E-state index contributed by atoms with van der Waals surface area (Å²) in [7, 11) is 0. The van der Waals surface area contributed by atoms with Crippen LogP contribution < -0.4 is 5.32 Å². The number of anilines is 1. The summed E-state index contributed by atoms with van der Waals surface area (Å²) in [6.45, 7) is 0.396. The second kappa shape index (κ2) is 7.55. The van der Waals surface area contributed by atoms with Crippen LogP contribution in [0.3, 0.4) is 0 Å². The zero-order chi connectivity index (χ0) is 17.8. The number of halogens is 1. The molecule has 0 aliphatic rings. The van der Waals surface area contributed by atoms with E-state index in [4.69, 9.17) is 16.7 Å². The molecule has 3 N–H and O–H groups in total. The van der Waals surface area contributed by atoms with Crippen LogP contribution in [0.4, 0.5) is 5.13 Å². The van der Waals surface area contributed by atoms with Gasteiger partial charge in [0.15, 0.2) is 5.13 Å². The van der Waals surface area contributed by atoms with Crippen molar-refractivity contribution in [3.63, 3.8) is 0 Å². The van der Waals surface area contributed by atoms with Crippen molar-refractivity contribution in [1.29, 1.82) is 0 Å². The van der Waals surface area contributed by atoms with Crippen LogP contribution in [0.5, 0.6) is 5.75 Å². The third-order valence-electron chi connectivity index (χ3n) is 3.55. The molecule has 0 atom stereocenters. The van der Waals surface area contributed by atoms with E-state index in [9.17, 15) is 9.90 Å². The fraction of sp³-hybridized carbons (Fsp3) is 0.111. The number of carbonyl (C=O) groups is 1. The average Bonchev–Trinajstić information content (AvgIpc) is 2.97. The number of aromatic hydroxyl groups is 1. The lowest BCUT2D eigenvalue weighted by molar-refractivity contribution is -0.136. The van der Waals surface area contributed by atoms with Crippen molar-refractivity contribution in [2.45, 2.75) is 13.0 Å². The fourth-order valence-electron chi connectivity index (χ4n) is 2.35. The number of rotatable bonds is 6. The highest BCUT2D eigenvalue weighted by molar-refractivity contribution is 7.16. The van der Waals surface area contributed by atoms with Gasteiger partial charge in [-0.15, -0.1) is 11.3 Å². The number of hydrogen-bond donors (Lipinski definition) is 3. The first-order valence-electron chi connectivity index (χ1n) is 7.51. The topological polar surface area (TPSA) is 82.5 Å². The highest BCUT2D eigenvalue weighted by Crippen LogP contribution is 2.32. The summed E-state index contributed by atoms with van der Waals surface area (Å²) >= 11 is 7.21. The SMILES string of the molecule is O=C(O)Cc1sc(NCc2ccccc2O)nc1-c1ccc(Cl)cc1. The van der Waals surface area contributed by atoms with Crippen molar-refractivity contribution >= 4 is 34.0 Å². The van der Waals surface area contributed by atoms with E-state index in [2.05, 4.69) is 10.3 Å². The molecule has 0 saturated heterocycles. The Bertz CT molecular complexity index is 894. The molecule has 25 heavy (non-hydrogen) atoms. The molecular formula is C18H15ClN2O3S. The zero-order valence-electron chi connectivity index (χ0n) is 13.1. The van der Waals surface area contributed by atoms with Gasteiger partial charge in [-0.05, 0) is 18.2 Å². The maximum Gasteiger partial charge on any atom is 0.308 e. The third-order valence-corrected chi connectivity index (χ3v) is 4.81. The van der Waals surface area contributed by atoms with Crippen molar-refractivity contribution in [1.82, 2.24) is 4.98 Å². The molecule has 0 fully saturated rings. The Morgan fingerprint density at radius 1 is 1.16 bits per heavy atom. The van der Waals surface area contributed by atoms with Gasteiger partial charge in [0, 0.05) is 27.6 Å². The first kappa shape index (κ1) is 17.3. The molecule has 1 heterocycles. The minimum absolute atomic E-state index is 0.103. The quantitative estimate of drug-likeness (QED) is 0.595. The van der Waals surface area contributed by atoms with Gasteiger partial charge in [0.05, 0.1) is 12.1 Å². The van der Waals surface area contributed by atoms with Gasteiger partial charge in [0.2, 0.25) is 0 Å². The molecule has 1 aromatic heterocycles. The van der Waals surface area contributed by atoms with Gasteiger partial charge in [0.1, 0.15) is 5.75 Å². The number of hydrogen-bond acceptors (Lipinski definition) is 5. The van der Waals surface area contributed by atoms with E-state index in [1.54, 1.807) is 24.3 Å². The number of carboxylic acid groups (broad SMARTS) is 1. The van der Waals surface area contributed by atoms with Gasteiger partial charge in [-0.2, -0.15) is 0 Å². The predicted octanol–water partition coefficient (Wildman–Crippen LogP) is 4.41. The molecule has 3 rings (SSSR count). The number of para-hydroxylation sites is 1. The molecule has 2 aromatic carbocycles. The van der Waals surface area contributed by atoms with Crippen LogP contribution in [0.2, 0.25) is 5.02 Å². The number of nitrogens with zero attached hydrogens (tertiary/aromatic N) is 1. The lowest BCUT2D eigenvalue weighted by atomic mass is 10.1. The number of phenols is 1. The van der Waals surface area contributed by atoms with Gasteiger partial charge in [-0.3, -0.25) is 4.79 Å². The number of phenolic OH excluding ortho intramolecular Hbond substituents is 1. The molecule has 0 radical (unpaired) electrons. The van der Waals surface area contributed by atoms with Crippen molar-refractivity contribution < 1.29 is 15.0 Å². The van der Waals surface area contributed by atoms with Crippen LogP contribution >= 0.6 is 22.9 Å². The molecule has 0 spiro atoms. The minimum Gasteiger partial charge on any atom is -0.508 e. The van der Waals surface area contributed by atoms with Crippen molar-refractivity contribution in [3.8, 4) is 17.0 Å². The molecule has 3 aromatic rings. The number of aromatic nitrogens is 1. The maximum atomic E-state index is 11.1. The second-order valence-electron chi connectivity index (χ2n) is 5.35. The summed E-state index contributed by atoms with van der Waals surface area (Å²) in [6.07, 6.45) is -0.103. The smallest absolute Gasteiger partial charge is 0.308 e. The molecule has 128 valence electrons. The highest BCUT2D eigenvalue weighted by atomic mass is 35.5. The molecule has 0 aliphatic carbocycles. The van der Waals surface area contributed by atoms with E-state index in [1.165, 1.54) is 11.3 Å². The largest absolute Gasteiger partial charge is 0.508 e. The van der Waals surface area contributed by atoms with E-state index < -0.39 is 5.97 Å². The summed E-state index contributed by atoms with van der Waals surface area (Å²) in [5.41, 5.74) is 2.18. The third kappa shape index (κ3) is 4.29. The van der Waals surface area contributed by atoms with E-state index in [-0.39, 0.29) is 12.2 Å². The summed E-state index contributed by atoms with van der Waals surface area (Å²) in [5.74, 6) is -0.707. The fourth-order valence-corrected chi connectivity index (χ4v) is 3.45. The normalized spacial score (nSPS) is 10.6. The molecule has 0 saturated carbocycles. The Kier molecular flexibility index (Phi) is 5.21. The summed E-state index contributed by atoms with van der Waals surface area (Å²) in [6, 6.07) is 14.2. The number of thiazole rings is 1. The van der Waals surface area contributed by atoms with Gasteiger partial charge < -0.3 is 15.5 Å². The molecule has 5 nitrogen and oxygen atoms in total. The number of carboxylic acids is 1. The lowest BCUT2D eigenvalue weighted by Gasteiger charge is -2.04.